The number of furan rings is 1. The van der Waals surface area contributed by atoms with Crippen molar-refractivity contribution in [3.8, 4) is 0 Å². The summed E-state index contributed by atoms with van der Waals surface area (Å²) in [4.78, 5) is 23.6. The van der Waals surface area contributed by atoms with Crippen LogP contribution in [0.3, 0.4) is 0 Å². The lowest BCUT2D eigenvalue weighted by Gasteiger charge is -2.10. The molecular formula is C20H16ClFN4O3. The molecule has 0 aliphatic heterocycles. The third-order valence-electron chi connectivity index (χ3n) is 3.74. The molecule has 2 amide bonds. The minimum absolute atomic E-state index is 0.0773. The van der Waals surface area contributed by atoms with Gasteiger partial charge in [0.2, 0.25) is 0 Å². The van der Waals surface area contributed by atoms with Crippen molar-refractivity contribution in [3.05, 3.63) is 83.0 Å². The van der Waals surface area contributed by atoms with E-state index in [1.165, 1.54) is 18.5 Å². The van der Waals surface area contributed by atoms with Gasteiger partial charge in [-0.25, -0.2) is 9.82 Å². The highest BCUT2D eigenvalue weighted by molar-refractivity contribution is 6.35. The van der Waals surface area contributed by atoms with E-state index >= 15 is 0 Å². The molecule has 148 valence electrons. The Morgan fingerprint density at radius 1 is 1.07 bits per heavy atom. The van der Waals surface area contributed by atoms with E-state index in [-0.39, 0.29) is 12.2 Å². The number of hydrogen-bond acceptors (Lipinski definition) is 5. The molecule has 0 radical (unpaired) electrons. The van der Waals surface area contributed by atoms with E-state index in [9.17, 15) is 14.0 Å². The largest absolute Gasteiger partial charge is 0.467 e. The fourth-order valence-electron chi connectivity index (χ4n) is 2.33. The van der Waals surface area contributed by atoms with E-state index in [1.807, 2.05) is 0 Å². The zero-order valence-electron chi connectivity index (χ0n) is 15.0. The SMILES string of the molecule is O=C(NCc1ccco1)C(=O)N/N=C\c1cc(Cl)ccc1Nc1ccccc1F. The van der Waals surface area contributed by atoms with Gasteiger partial charge in [-0.05, 0) is 42.5 Å². The molecule has 29 heavy (non-hydrogen) atoms. The first kappa shape index (κ1) is 20.1. The van der Waals surface area contributed by atoms with Crippen LogP contribution in [-0.4, -0.2) is 18.0 Å². The summed E-state index contributed by atoms with van der Waals surface area (Å²) >= 11 is 6.01. The maximum absolute atomic E-state index is 13.9. The number of carbonyl (C=O) groups is 2. The quantitative estimate of drug-likeness (QED) is 0.326. The average Bonchev–Trinajstić information content (AvgIpc) is 3.23. The predicted molar refractivity (Wildman–Crippen MR) is 107 cm³/mol. The van der Waals surface area contributed by atoms with Crippen LogP contribution in [0.25, 0.3) is 0 Å². The Morgan fingerprint density at radius 3 is 2.66 bits per heavy atom. The summed E-state index contributed by atoms with van der Waals surface area (Å²) in [6.07, 6.45) is 2.76. The molecule has 1 heterocycles. The number of hydrazone groups is 1. The lowest BCUT2D eigenvalue weighted by Crippen LogP contribution is -2.37. The summed E-state index contributed by atoms with van der Waals surface area (Å²) in [5.74, 6) is -1.72. The molecule has 1 aromatic heterocycles. The van der Waals surface area contributed by atoms with E-state index in [2.05, 4.69) is 21.2 Å². The Balaban J connectivity index is 1.63. The summed E-state index contributed by atoms with van der Waals surface area (Å²) in [5, 5.41) is 9.53. The third kappa shape index (κ3) is 5.66. The standard InChI is InChI=1S/C20H16ClFN4O3/c21-14-7-8-17(25-18-6-2-1-5-16(18)22)13(10-14)11-24-26-20(28)19(27)23-12-15-4-3-9-29-15/h1-11,25H,12H2,(H,23,27)(H,26,28)/b24-11-. The molecule has 0 aliphatic carbocycles. The van der Waals surface area contributed by atoms with Crippen LogP contribution in [0.1, 0.15) is 11.3 Å². The van der Waals surface area contributed by atoms with Crippen molar-refractivity contribution >= 4 is 41.0 Å². The van der Waals surface area contributed by atoms with Crippen LogP contribution in [0.15, 0.2) is 70.4 Å². The molecule has 7 nitrogen and oxygen atoms in total. The summed E-state index contributed by atoms with van der Waals surface area (Å²) in [6.45, 7) is 0.0773. The molecule has 0 spiro atoms. The molecule has 0 atom stereocenters. The molecule has 3 N–H and O–H groups in total. The van der Waals surface area contributed by atoms with Crippen molar-refractivity contribution in [2.24, 2.45) is 5.10 Å². The van der Waals surface area contributed by atoms with Crippen molar-refractivity contribution in [2.45, 2.75) is 6.54 Å². The number of halogens is 2. The van der Waals surface area contributed by atoms with Crippen molar-refractivity contribution < 1.29 is 18.4 Å². The van der Waals surface area contributed by atoms with Crippen LogP contribution >= 0.6 is 11.6 Å². The number of hydrogen-bond donors (Lipinski definition) is 3. The smallest absolute Gasteiger partial charge is 0.329 e. The Labute approximate surface area is 170 Å². The van der Waals surface area contributed by atoms with Gasteiger partial charge in [-0.2, -0.15) is 5.10 Å². The van der Waals surface area contributed by atoms with Gasteiger partial charge < -0.3 is 15.1 Å². The summed E-state index contributed by atoms with van der Waals surface area (Å²) in [7, 11) is 0. The molecule has 3 aromatic rings. The second kappa shape index (κ2) is 9.52. The van der Waals surface area contributed by atoms with Gasteiger partial charge in [-0.3, -0.25) is 9.59 Å². The molecule has 3 rings (SSSR count). The Hall–Kier alpha value is -3.65. The van der Waals surface area contributed by atoms with E-state index in [0.29, 0.717) is 22.0 Å². The monoisotopic (exact) mass is 414 g/mol. The highest BCUT2D eigenvalue weighted by Crippen LogP contribution is 2.24. The first-order valence-electron chi connectivity index (χ1n) is 8.47. The number of anilines is 2. The van der Waals surface area contributed by atoms with Crippen LogP contribution in [0.5, 0.6) is 0 Å². The van der Waals surface area contributed by atoms with Crippen molar-refractivity contribution in [2.75, 3.05) is 5.32 Å². The molecule has 0 bridgehead atoms. The first-order valence-corrected chi connectivity index (χ1v) is 8.85. The van der Waals surface area contributed by atoms with Crippen LogP contribution in [0.2, 0.25) is 5.02 Å². The minimum Gasteiger partial charge on any atom is -0.467 e. The summed E-state index contributed by atoms with van der Waals surface area (Å²) in [5.41, 5.74) is 3.39. The summed E-state index contributed by atoms with van der Waals surface area (Å²) < 4.78 is 18.9. The Bertz CT molecular complexity index is 1040. The summed E-state index contributed by atoms with van der Waals surface area (Å²) in [6, 6.07) is 14.4. The second-order valence-electron chi connectivity index (χ2n) is 5.80. The maximum atomic E-state index is 13.9. The highest BCUT2D eigenvalue weighted by atomic mass is 35.5. The normalized spacial score (nSPS) is 10.7. The first-order chi connectivity index (χ1) is 14.0. The van der Waals surface area contributed by atoms with Gasteiger partial charge >= 0.3 is 11.8 Å². The fourth-order valence-corrected chi connectivity index (χ4v) is 2.51. The highest BCUT2D eigenvalue weighted by Gasteiger charge is 2.13. The number of carbonyl (C=O) groups excluding carboxylic acids is 2. The average molecular weight is 415 g/mol. The van der Waals surface area contributed by atoms with E-state index in [0.717, 1.165) is 0 Å². The van der Waals surface area contributed by atoms with E-state index < -0.39 is 17.6 Å². The number of nitrogens with zero attached hydrogens (tertiary/aromatic N) is 1. The van der Waals surface area contributed by atoms with Gasteiger partial charge in [0, 0.05) is 16.3 Å². The lowest BCUT2D eigenvalue weighted by molar-refractivity contribution is -0.139. The van der Waals surface area contributed by atoms with Gasteiger partial charge in [0.1, 0.15) is 11.6 Å². The van der Waals surface area contributed by atoms with Crippen LogP contribution in [0.4, 0.5) is 15.8 Å². The number of para-hydroxylation sites is 1. The number of nitrogens with one attached hydrogen (secondary N) is 3. The lowest BCUT2D eigenvalue weighted by atomic mass is 10.2. The molecule has 0 saturated heterocycles. The Kier molecular flexibility index (Phi) is 6.59. The number of rotatable bonds is 6. The fraction of sp³-hybridized carbons (Fsp3) is 0.0500. The zero-order chi connectivity index (χ0) is 20.6. The maximum Gasteiger partial charge on any atom is 0.329 e. The topological polar surface area (TPSA) is 95.7 Å². The van der Waals surface area contributed by atoms with Crippen LogP contribution in [-0.2, 0) is 16.1 Å². The molecule has 0 saturated carbocycles. The molecule has 2 aromatic carbocycles. The van der Waals surface area contributed by atoms with Crippen molar-refractivity contribution in [1.82, 2.24) is 10.7 Å². The van der Waals surface area contributed by atoms with E-state index in [1.54, 1.807) is 48.5 Å². The van der Waals surface area contributed by atoms with Crippen LogP contribution < -0.4 is 16.1 Å². The van der Waals surface area contributed by atoms with Gasteiger partial charge in [0.15, 0.2) is 0 Å². The van der Waals surface area contributed by atoms with Gasteiger partial charge in [0.25, 0.3) is 0 Å². The Morgan fingerprint density at radius 2 is 1.90 bits per heavy atom. The van der Waals surface area contributed by atoms with Gasteiger partial charge in [0.05, 0.1) is 24.7 Å². The third-order valence-corrected chi connectivity index (χ3v) is 3.97. The predicted octanol–water partition coefficient (Wildman–Crippen LogP) is 3.58. The van der Waals surface area contributed by atoms with Crippen LogP contribution in [0, 0.1) is 5.82 Å². The van der Waals surface area contributed by atoms with Gasteiger partial charge in [-0.15, -0.1) is 0 Å². The number of amides is 2. The zero-order valence-corrected chi connectivity index (χ0v) is 15.7. The van der Waals surface area contributed by atoms with Crippen molar-refractivity contribution in [1.29, 1.82) is 0 Å². The van der Waals surface area contributed by atoms with E-state index in [4.69, 9.17) is 16.0 Å². The molecule has 0 aliphatic rings. The number of benzene rings is 2. The van der Waals surface area contributed by atoms with Crippen molar-refractivity contribution in [3.63, 3.8) is 0 Å². The van der Waals surface area contributed by atoms with Gasteiger partial charge in [-0.1, -0.05) is 23.7 Å². The second-order valence-corrected chi connectivity index (χ2v) is 6.23. The molecule has 0 fully saturated rings. The molecular weight excluding hydrogens is 399 g/mol. The molecule has 0 unspecified atom stereocenters. The molecule has 9 heteroatoms. The minimum atomic E-state index is -0.946.